The number of rotatable bonds is 7. The van der Waals surface area contributed by atoms with Crippen LogP contribution in [0.4, 0.5) is 8.78 Å². The van der Waals surface area contributed by atoms with Crippen LogP contribution in [0.2, 0.25) is 0 Å². The summed E-state index contributed by atoms with van der Waals surface area (Å²) in [6, 6.07) is 13.0. The maximum Gasteiger partial charge on any atom is 0.387 e. The molecule has 0 aliphatic carbocycles. The van der Waals surface area contributed by atoms with E-state index in [1.807, 2.05) is 12.1 Å². The second-order valence-corrected chi connectivity index (χ2v) is 7.55. The largest absolute Gasteiger partial charge is 0.451 e. The first-order chi connectivity index (χ1) is 13.6. The first-order valence-corrected chi connectivity index (χ1v) is 9.14. The molecule has 4 nitrogen and oxygen atoms in total. The highest BCUT2D eigenvalue weighted by Gasteiger charge is 2.20. The predicted octanol–water partition coefficient (Wildman–Crippen LogP) is 5.41. The Kier molecular flexibility index (Phi) is 7.26. The molecule has 0 amide bonds. The van der Waals surface area contributed by atoms with Crippen LogP contribution in [0.25, 0.3) is 6.08 Å². The maximum atomic E-state index is 12.5. The van der Waals surface area contributed by atoms with E-state index in [0.29, 0.717) is 11.1 Å². The fourth-order valence-corrected chi connectivity index (χ4v) is 2.56. The molecule has 2 aromatic carbocycles. The van der Waals surface area contributed by atoms with Gasteiger partial charge in [-0.25, -0.2) is 4.79 Å². The van der Waals surface area contributed by atoms with Gasteiger partial charge in [-0.15, -0.1) is 0 Å². The van der Waals surface area contributed by atoms with Gasteiger partial charge in [0, 0.05) is 11.6 Å². The summed E-state index contributed by atoms with van der Waals surface area (Å²) < 4.78 is 33.7. The molecule has 0 spiro atoms. The number of hydrogen-bond donors (Lipinski definition) is 0. The average Bonchev–Trinajstić information content (AvgIpc) is 2.66. The van der Waals surface area contributed by atoms with Gasteiger partial charge in [-0.05, 0) is 41.7 Å². The summed E-state index contributed by atoms with van der Waals surface area (Å²) in [5, 5.41) is 0. The van der Waals surface area contributed by atoms with E-state index in [9.17, 15) is 18.4 Å². The molecule has 29 heavy (non-hydrogen) atoms. The minimum Gasteiger partial charge on any atom is -0.451 e. The Bertz CT molecular complexity index is 863. The van der Waals surface area contributed by atoms with Gasteiger partial charge >= 0.3 is 12.6 Å². The number of hydrogen-bond acceptors (Lipinski definition) is 4. The van der Waals surface area contributed by atoms with E-state index in [1.165, 1.54) is 43.3 Å². The molecule has 6 heteroatoms. The van der Waals surface area contributed by atoms with Gasteiger partial charge in [0.15, 0.2) is 6.10 Å². The molecule has 1 atom stereocenters. The molecular formula is C23H24F2O4. The summed E-state index contributed by atoms with van der Waals surface area (Å²) in [6.07, 6.45) is 1.70. The van der Waals surface area contributed by atoms with Crippen LogP contribution >= 0.6 is 0 Å². The van der Waals surface area contributed by atoms with Crippen molar-refractivity contribution in [1.82, 2.24) is 0 Å². The van der Waals surface area contributed by atoms with Gasteiger partial charge in [-0.3, -0.25) is 4.79 Å². The van der Waals surface area contributed by atoms with Gasteiger partial charge in [0.25, 0.3) is 0 Å². The lowest BCUT2D eigenvalue weighted by Crippen LogP contribution is -2.23. The number of halogens is 2. The Hall–Kier alpha value is -3.02. The van der Waals surface area contributed by atoms with Crippen molar-refractivity contribution in [2.24, 2.45) is 0 Å². The van der Waals surface area contributed by atoms with Crippen LogP contribution in [0.15, 0.2) is 54.6 Å². The number of benzene rings is 2. The number of esters is 1. The van der Waals surface area contributed by atoms with Crippen molar-refractivity contribution in [2.45, 2.75) is 45.8 Å². The van der Waals surface area contributed by atoms with Gasteiger partial charge in [0.05, 0.1) is 0 Å². The fourth-order valence-electron chi connectivity index (χ4n) is 2.56. The molecule has 0 radical (unpaired) electrons. The van der Waals surface area contributed by atoms with Crippen molar-refractivity contribution in [2.75, 3.05) is 0 Å². The number of Topliss-reactive ketones (excluding diaryl/α,β-unsaturated/α-hetero) is 1. The molecule has 0 heterocycles. The van der Waals surface area contributed by atoms with Gasteiger partial charge in [0.2, 0.25) is 5.78 Å². The quantitative estimate of drug-likeness (QED) is 0.353. The Labute approximate surface area is 169 Å². The van der Waals surface area contributed by atoms with Crippen molar-refractivity contribution in [1.29, 1.82) is 0 Å². The van der Waals surface area contributed by atoms with Gasteiger partial charge in [0.1, 0.15) is 5.75 Å². The molecule has 1 unspecified atom stereocenters. The Morgan fingerprint density at radius 3 is 2.07 bits per heavy atom. The summed E-state index contributed by atoms with van der Waals surface area (Å²) in [7, 11) is 0. The van der Waals surface area contributed by atoms with E-state index in [-0.39, 0.29) is 16.9 Å². The highest BCUT2D eigenvalue weighted by molar-refractivity contribution is 6.01. The molecule has 0 aliphatic heterocycles. The van der Waals surface area contributed by atoms with Crippen LogP contribution in [-0.4, -0.2) is 24.5 Å². The Morgan fingerprint density at radius 1 is 0.966 bits per heavy atom. The van der Waals surface area contributed by atoms with Crippen LogP contribution < -0.4 is 4.74 Å². The molecule has 0 saturated heterocycles. The highest BCUT2D eigenvalue weighted by atomic mass is 19.3. The van der Waals surface area contributed by atoms with E-state index in [2.05, 4.69) is 25.5 Å². The second kappa shape index (κ2) is 9.45. The lowest BCUT2D eigenvalue weighted by atomic mass is 9.86. The molecule has 0 aliphatic rings. The minimum absolute atomic E-state index is 0.0196. The Morgan fingerprint density at radius 2 is 1.55 bits per heavy atom. The molecule has 0 fully saturated rings. The third-order valence-electron chi connectivity index (χ3n) is 4.21. The normalized spacial score (nSPS) is 12.8. The fraction of sp³-hybridized carbons (Fsp3) is 0.304. The molecular weight excluding hydrogens is 378 g/mol. The first kappa shape index (κ1) is 22.3. The summed E-state index contributed by atoms with van der Waals surface area (Å²) >= 11 is 0. The van der Waals surface area contributed by atoms with E-state index in [4.69, 9.17) is 4.74 Å². The van der Waals surface area contributed by atoms with Crippen LogP contribution in [-0.2, 0) is 14.9 Å². The van der Waals surface area contributed by atoms with E-state index < -0.39 is 18.7 Å². The van der Waals surface area contributed by atoms with Crippen molar-refractivity contribution in [3.8, 4) is 5.75 Å². The number of ether oxygens (including phenoxy) is 2. The first-order valence-electron chi connectivity index (χ1n) is 9.14. The monoisotopic (exact) mass is 402 g/mol. The van der Waals surface area contributed by atoms with E-state index >= 15 is 0 Å². The molecule has 2 aromatic rings. The van der Waals surface area contributed by atoms with Gasteiger partial charge < -0.3 is 9.47 Å². The zero-order valence-electron chi connectivity index (χ0n) is 16.8. The number of carbonyl (C=O) groups is 2. The van der Waals surface area contributed by atoms with Crippen LogP contribution in [0.3, 0.4) is 0 Å². The summed E-state index contributed by atoms with van der Waals surface area (Å²) in [5.41, 5.74) is 2.15. The third-order valence-corrected chi connectivity index (χ3v) is 4.21. The molecule has 0 saturated carbocycles. The molecule has 2 rings (SSSR count). The molecule has 0 bridgehead atoms. The van der Waals surface area contributed by atoms with Gasteiger partial charge in [-0.2, -0.15) is 8.78 Å². The topological polar surface area (TPSA) is 52.6 Å². The van der Waals surface area contributed by atoms with Crippen LogP contribution in [0.5, 0.6) is 5.75 Å². The van der Waals surface area contributed by atoms with E-state index in [0.717, 1.165) is 5.56 Å². The molecule has 0 aromatic heterocycles. The Balaban J connectivity index is 1.94. The highest BCUT2D eigenvalue weighted by Crippen LogP contribution is 2.22. The van der Waals surface area contributed by atoms with Crippen molar-refractivity contribution >= 4 is 17.8 Å². The van der Waals surface area contributed by atoms with Gasteiger partial charge in [-0.1, -0.05) is 57.2 Å². The summed E-state index contributed by atoms with van der Waals surface area (Å²) in [6.45, 7) is 4.87. The second-order valence-electron chi connectivity index (χ2n) is 7.55. The SMILES string of the molecule is CC(OC(=O)C=Cc1ccc(OC(F)F)cc1)C(=O)c1ccc(C(C)(C)C)cc1. The van der Waals surface area contributed by atoms with Crippen molar-refractivity contribution < 1.29 is 27.8 Å². The van der Waals surface area contributed by atoms with Crippen molar-refractivity contribution in [3.05, 3.63) is 71.3 Å². The number of alkyl halides is 2. The average molecular weight is 402 g/mol. The smallest absolute Gasteiger partial charge is 0.387 e. The zero-order chi connectivity index (χ0) is 21.6. The van der Waals surface area contributed by atoms with E-state index in [1.54, 1.807) is 12.1 Å². The lowest BCUT2D eigenvalue weighted by Gasteiger charge is -2.19. The van der Waals surface area contributed by atoms with Crippen LogP contribution in [0.1, 0.15) is 49.2 Å². The summed E-state index contributed by atoms with van der Waals surface area (Å²) in [4.78, 5) is 24.4. The lowest BCUT2D eigenvalue weighted by molar-refractivity contribution is -0.140. The third kappa shape index (κ3) is 6.82. The zero-order valence-corrected chi connectivity index (χ0v) is 16.8. The number of carbonyl (C=O) groups excluding carboxylic acids is 2. The minimum atomic E-state index is -2.89. The van der Waals surface area contributed by atoms with Crippen molar-refractivity contribution in [3.63, 3.8) is 0 Å². The number of ketones is 1. The standard InChI is InChI=1S/C23H24F2O4/c1-15(21(27)17-8-10-18(11-9-17)23(2,3)4)28-20(26)14-7-16-5-12-19(13-6-16)29-22(24)25/h5-15,22H,1-4H3. The molecule has 0 N–H and O–H groups in total. The van der Waals surface area contributed by atoms with Crippen LogP contribution in [0, 0.1) is 0 Å². The summed E-state index contributed by atoms with van der Waals surface area (Å²) in [5.74, 6) is -0.942. The molecule has 154 valence electrons. The predicted molar refractivity (Wildman–Crippen MR) is 107 cm³/mol. The maximum absolute atomic E-state index is 12.5.